The fraction of sp³-hybridized carbons (Fsp3) is 0.316. The predicted molar refractivity (Wildman–Crippen MR) is 96.6 cm³/mol. The van der Waals surface area contributed by atoms with Crippen molar-refractivity contribution in [3.63, 3.8) is 0 Å². The number of benzene rings is 2. The Morgan fingerprint density at radius 2 is 1.79 bits per heavy atom. The Morgan fingerprint density at radius 3 is 2.46 bits per heavy atom. The van der Waals surface area contributed by atoms with Crippen molar-refractivity contribution in [2.45, 2.75) is 6.92 Å². The Bertz CT molecular complexity index is 673. The molecule has 0 spiro atoms. The number of anilines is 1. The highest BCUT2D eigenvalue weighted by Crippen LogP contribution is 2.26. The summed E-state index contributed by atoms with van der Waals surface area (Å²) >= 11 is 0. The van der Waals surface area contributed by atoms with Crippen molar-refractivity contribution >= 4 is 11.7 Å². The summed E-state index contributed by atoms with van der Waals surface area (Å²) in [5.74, 6) is 0.804. The first-order chi connectivity index (χ1) is 11.7. The van der Waals surface area contributed by atoms with E-state index in [4.69, 9.17) is 9.47 Å². The van der Waals surface area contributed by atoms with Crippen LogP contribution < -0.4 is 10.1 Å². The van der Waals surface area contributed by atoms with E-state index in [-0.39, 0.29) is 6.03 Å². The Balaban J connectivity index is 2.13. The van der Waals surface area contributed by atoms with Gasteiger partial charge in [0.2, 0.25) is 0 Å². The molecule has 0 aliphatic rings. The van der Waals surface area contributed by atoms with Crippen LogP contribution in [0.2, 0.25) is 0 Å². The van der Waals surface area contributed by atoms with Gasteiger partial charge < -0.3 is 19.7 Å². The average Bonchev–Trinajstić information content (AvgIpc) is 2.62. The minimum absolute atomic E-state index is 0.127. The monoisotopic (exact) mass is 328 g/mol. The summed E-state index contributed by atoms with van der Waals surface area (Å²) in [6.07, 6.45) is 0. The lowest BCUT2D eigenvalue weighted by atomic mass is 10.0. The molecule has 128 valence electrons. The second-order valence-corrected chi connectivity index (χ2v) is 5.32. The van der Waals surface area contributed by atoms with Crippen LogP contribution in [0.15, 0.2) is 48.5 Å². The van der Waals surface area contributed by atoms with Crippen molar-refractivity contribution in [2.75, 3.05) is 39.2 Å². The molecule has 24 heavy (non-hydrogen) atoms. The molecule has 0 aliphatic heterocycles. The summed E-state index contributed by atoms with van der Waals surface area (Å²) in [4.78, 5) is 14.0. The summed E-state index contributed by atoms with van der Waals surface area (Å²) < 4.78 is 10.3. The molecule has 0 heterocycles. The minimum Gasteiger partial charge on any atom is -0.497 e. The SMILES string of the molecule is CCN(CCOC)C(=O)Nc1cccc(-c2cccc(OC)c2)c1. The number of amides is 2. The molecular weight excluding hydrogens is 304 g/mol. The smallest absolute Gasteiger partial charge is 0.321 e. The number of likely N-dealkylation sites (N-methyl/N-ethyl adjacent to an activating group) is 1. The maximum Gasteiger partial charge on any atom is 0.321 e. The first-order valence-electron chi connectivity index (χ1n) is 7.97. The summed E-state index contributed by atoms with van der Waals surface area (Å²) in [6, 6.07) is 15.5. The zero-order chi connectivity index (χ0) is 17.4. The van der Waals surface area contributed by atoms with Crippen LogP contribution in [0.5, 0.6) is 5.75 Å². The Hall–Kier alpha value is -2.53. The minimum atomic E-state index is -0.127. The van der Waals surface area contributed by atoms with Gasteiger partial charge in [-0.05, 0) is 42.3 Å². The number of methoxy groups -OCH3 is 2. The molecule has 0 atom stereocenters. The van der Waals surface area contributed by atoms with Crippen molar-refractivity contribution in [2.24, 2.45) is 0 Å². The number of hydrogen-bond donors (Lipinski definition) is 1. The van der Waals surface area contributed by atoms with E-state index in [1.807, 2.05) is 55.5 Å². The van der Waals surface area contributed by atoms with E-state index in [1.165, 1.54) is 0 Å². The number of carbonyl (C=O) groups excluding carboxylic acids is 1. The van der Waals surface area contributed by atoms with Crippen molar-refractivity contribution in [1.29, 1.82) is 0 Å². The maximum absolute atomic E-state index is 12.3. The second kappa shape index (κ2) is 8.93. The molecule has 0 bridgehead atoms. The Labute approximate surface area is 143 Å². The molecule has 2 aromatic carbocycles. The van der Waals surface area contributed by atoms with Crippen LogP contribution in [0.3, 0.4) is 0 Å². The summed E-state index contributed by atoms with van der Waals surface area (Å²) in [6.45, 7) is 3.66. The lowest BCUT2D eigenvalue weighted by Crippen LogP contribution is -2.37. The van der Waals surface area contributed by atoms with Crippen LogP contribution in [0, 0.1) is 0 Å². The highest BCUT2D eigenvalue weighted by molar-refractivity contribution is 5.90. The molecular formula is C19H24N2O3. The molecule has 0 fully saturated rings. The van der Waals surface area contributed by atoms with E-state index in [1.54, 1.807) is 19.1 Å². The van der Waals surface area contributed by atoms with E-state index < -0.39 is 0 Å². The van der Waals surface area contributed by atoms with Crippen molar-refractivity contribution in [3.8, 4) is 16.9 Å². The van der Waals surface area contributed by atoms with Gasteiger partial charge >= 0.3 is 6.03 Å². The fourth-order valence-corrected chi connectivity index (χ4v) is 2.39. The van der Waals surface area contributed by atoms with E-state index in [9.17, 15) is 4.79 Å². The second-order valence-electron chi connectivity index (χ2n) is 5.32. The van der Waals surface area contributed by atoms with Crippen molar-refractivity contribution < 1.29 is 14.3 Å². The Morgan fingerprint density at radius 1 is 1.08 bits per heavy atom. The fourth-order valence-electron chi connectivity index (χ4n) is 2.39. The number of urea groups is 1. The molecule has 2 aromatic rings. The molecule has 0 saturated carbocycles. The molecule has 0 aromatic heterocycles. The standard InChI is InChI=1S/C19H24N2O3/c1-4-21(11-12-23-2)19(22)20-17-9-5-7-15(13-17)16-8-6-10-18(14-16)24-3/h5-10,13-14H,4,11-12H2,1-3H3,(H,20,22). The number of nitrogens with one attached hydrogen (secondary N) is 1. The molecule has 2 rings (SSSR count). The van der Waals surface area contributed by atoms with E-state index in [0.717, 1.165) is 22.6 Å². The summed E-state index contributed by atoms with van der Waals surface area (Å²) in [7, 11) is 3.28. The average molecular weight is 328 g/mol. The quantitative estimate of drug-likeness (QED) is 0.839. The zero-order valence-corrected chi connectivity index (χ0v) is 14.4. The van der Waals surface area contributed by atoms with E-state index in [0.29, 0.717) is 19.7 Å². The molecule has 2 amide bonds. The topological polar surface area (TPSA) is 50.8 Å². The maximum atomic E-state index is 12.3. The van der Waals surface area contributed by atoms with Crippen molar-refractivity contribution in [1.82, 2.24) is 4.90 Å². The number of rotatable bonds is 7. The first-order valence-corrected chi connectivity index (χ1v) is 7.97. The third kappa shape index (κ3) is 4.73. The first kappa shape index (κ1) is 17.8. The highest BCUT2D eigenvalue weighted by atomic mass is 16.5. The van der Waals surface area contributed by atoms with Crippen LogP contribution in [0.25, 0.3) is 11.1 Å². The summed E-state index contributed by atoms with van der Waals surface area (Å²) in [5.41, 5.74) is 2.82. The number of ether oxygens (including phenoxy) is 2. The van der Waals surface area contributed by atoms with Gasteiger partial charge in [-0.25, -0.2) is 4.79 Å². The van der Waals surface area contributed by atoms with Crippen molar-refractivity contribution in [3.05, 3.63) is 48.5 Å². The third-order valence-corrected chi connectivity index (χ3v) is 3.75. The number of carbonyl (C=O) groups is 1. The molecule has 5 heteroatoms. The van der Waals surface area contributed by atoms with Crippen LogP contribution in [-0.4, -0.2) is 44.8 Å². The molecule has 0 unspecified atom stereocenters. The largest absolute Gasteiger partial charge is 0.497 e. The van der Waals surface area contributed by atoms with E-state index >= 15 is 0 Å². The number of nitrogens with zero attached hydrogens (tertiary/aromatic N) is 1. The van der Waals surface area contributed by atoms with Gasteiger partial charge in [-0.15, -0.1) is 0 Å². The van der Waals surface area contributed by atoms with Gasteiger partial charge in [-0.1, -0.05) is 24.3 Å². The van der Waals surface area contributed by atoms with Gasteiger partial charge in [0, 0.05) is 25.9 Å². The lowest BCUT2D eigenvalue weighted by molar-refractivity contribution is 0.157. The third-order valence-electron chi connectivity index (χ3n) is 3.75. The van der Waals surface area contributed by atoms with Crippen LogP contribution in [0.1, 0.15) is 6.92 Å². The highest BCUT2D eigenvalue weighted by Gasteiger charge is 2.11. The number of hydrogen-bond acceptors (Lipinski definition) is 3. The van der Waals surface area contributed by atoms with Crippen LogP contribution >= 0.6 is 0 Å². The zero-order valence-electron chi connectivity index (χ0n) is 14.4. The van der Waals surface area contributed by atoms with Gasteiger partial charge in [0.25, 0.3) is 0 Å². The van der Waals surface area contributed by atoms with E-state index in [2.05, 4.69) is 5.32 Å². The van der Waals surface area contributed by atoms with Gasteiger partial charge in [-0.2, -0.15) is 0 Å². The van der Waals surface area contributed by atoms with Crippen LogP contribution in [0.4, 0.5) is 10.5 Å². The molecule has 0 aliphatic carbocycles. The summed E-state index contributed by atoms with van der Waals surface area (Å²) in [5, 5.41) is 2.94. The van der Waals surface area contributed by atoms with Gasteiger partial charge in [0.05, 0.1) is 13.7 Å². The normalized spacial score (nSPS) is 10.3. The Kier molecular flexibility index (Phi) is 6.63. The lowest BCUT2D eigenvalue weighted by Gasteiger charge is -2.21. The molecule has 5 nitrogen and oxygen atoms in total. The molecule has 0 saturated heterocycles. The van der Waals surface area contributed by atoms with Crippen LogP contribution in [-0.2, 0) is 4.74 Å². The predicted octanol–water partition coefficient (Wildman–Crippen LogP) is 3.86. The van der Waals surface area contributed by atoms with Gasteiger partial charge in [0.1, 0.15) is 5.75 Å². The van der Waals surface area contributed by atoms with Gasteiger partial charge in [0.15, 0.2) is 0 Å². The molecule has 1 N–H and O–H groups in total. The molecule has 0 radical (unpaired) electrons. The van der Waals surface area contributed by atoms with Gasteiger partial charge in [-0.3, -0.25) is 0 Å².